The third kappa shape index (κ3) is 3.01. The van der Waals surface area contributed by atoms with Gasteiger partial charge in [0.1, 0.15) is 11.5 Å². The molecule has 2 N–H and O–H groups in total. The highest BCUT2D eigenvalue weighted by Crippen LogP contribution is 2.32. The van der Waals surface area contributed by atoms with Crippen LogP contribution in [-0.2, 0) is 6.54 Å². The van der Waals surface area contributed by atoms with Crippen molar-refractivity contribution in [2.24, 2.45) is 0 Å². The second-order valence-electron chi connectivity index (χ2n) is 4.94. The van der Waals surface area contributed by atoms with Gasteiger partial charge in [-0.1, -0.05) is 17.7 Å². The number of hydrogen-bond acceptors (Lipinski definition) is 4. The second-order valence-corrected chi connectivity index (χ2v) is 6.23. The molecule has 21 heavy (non-hydrogen) atoms. The zero-order chi connectivity index (χ0) is 15.0. The molecule has 0 saturated heterocycles. The van der Waals surface area contributed by atoms with Gasteiger partial charge in [0, 0.05) is 22.0 Å². The molecular formula is C14H13ClFN3OS. The van der Waals surface area contributed by atoms with E-state index in [4.69, 9.17) is 17.3 Å². The largest absolute Gasteiger partial charge is 0.375 e. The van der Waals surface area contributed by atoms with E-state index >= 15 is 0 Å². The number of hydrogen-bond donors (Lipinski definition) is 1. The summed E-state index contributed by atoms with van der Waals surface area (Å²) in [6, 6.07) is 4.63. The number of halogens is 2. The van der Waals surface area contributed by atoms with Crippen LogP contribution in [0.25, 0.3) is 0 Å². The van der Waals surface area contributed by atoms with Gasteiger partial charge in [-0.2, -0.15) is 0 Å². The summed E-state index contributed by atoms with van der Waals surface area (Å²) in [6.45, 7) is 0.145. The van der Waals surface area contributed by atoms with Crippen LogP contribution in [0.1, 0.15) is 28.9 Å². The summed E-state index contributed by atoms with van der Waals surface area (Å²) in [4.78, 5) is 18.1. The average Bonchev–Trinajstić information content (AvgIpc) is 3.19. The maximum absolute atomic E-state index is 13.9. The summed E-state index contributed by atoms with van der Waals surface area (Å²) in [5, 5.41) is 2.29. The van der Waals surface area contributed by atoms with Gasteiger partial charge >= 0.3 is 0 Å². The number of amides is 1. The minimum atomic E-state index is -0.404. The van der Waals surface area contributed by atoms with Crippen molar-refractivity contribution in [2.75, 3.05) is 5.73 Å². The molecular weight excluding hydrogens is 313 g/mol. The summed E-state index contributed by atoms with van der Waals surface area (Å²) in [6.07, 6.45) is 1.83. The van der Waals surface area contributed by atoms with Crippen LogP contribution in [0.3, 0.4) is 0 Å². The Kier molecular flexibility index (Phi) is 3.82. The molecule has 1 aromatic carbocycles. The number of nitrogens with zero attached hydrogens (tertiary/aromatic N) is 2. The molecule has 7 heteroatoms. The summed E-state index contributed by atoms with van der Waals surface area (Å²) >= 11 is 7.26. The predicted octanol–water partition coefficient (Wildman–Crippen LogP) is 3.32. The number of aromatic nitrogens is 1. The number of carbonyl (C=O) groups excluding carboxylic acids is 1. The minimum absolute atomic E-state index is 0.121. The van der Waals surface area contributed by atoms with Gasteiger partial charge in [-0.25, -0.2) is 9.37 Å². The quantitative estimate of drug-likeness (QED) is 0.938. The first-order chi connectivity index (χ1) is 10.1. The van der Waals surface area contributed by atoms with Crippen molar-refractivity contribution in [3.8, 4) is 0 Å². The molecule has 0 atom stereocenters. The van der Waals surface area contributed by atoms with E-state index < -0.39 is 5.82 Å². The molecule has 1 fully saturated rings. The van der Waals surface area contributed by atoms with Crippen LogP contribution < -0.4 is 5.73 Å². The van der Waals surface area contributed by atoms with E-state index in [1.807, 2.05) is 0 Å². The lowest BCUT2D eigenvalue weighted by Gasteiger charge is -2.22. The van der Waals surface area contributed by atoms with Crippen molar-refractivity contribution in [3.05, 3.63) is 45.7 Å². The molecule has 1 aliphatic carbocycles. The molecule has 2 aromatic rings. The van der Waals surface area contributed by atoms with Crippen LogP contribution in [0.4, 0.5) is 9.52 Å². The van der Waals surface area contributed by atoms with Gasteiger partial charge in [-0.15, -0.1) is 11.3 Å². The molecule has 110 valence electrons. The normalized spacial score (nSPS) is 14.2. The van der Waals surface area contributed by atoms with E-state index in [1.54, 1.807) is 22.4 Å². The molecule has 0 spiro atoms. The number of rotatable bonds is 4. The molecule has 1 aromatic heterocycles. The number of thiazole rings is 1. The van der Waals surface area contributed by atoms with Crippen LogP contribution in [-0.4, -0.2) is 21.8 Å². The lowest BCUT2D eigenvalue weighted by molar-refractivity contribution is 0.0723. The number of nitrogen functional groups attached to an aromatic ring is 1. The summed E-state index contributed by atoms with van der Waals surface area (Å²) in [5.41, 5.74) is 6.20. The van der Waals surface area contributed by atoms with Gasteiger partial charge in [0.25, 0.3) is 5.91 Å². The first kappa shape index (κ1) is 14.3. The Labute approximate surface area is 130 Å². The van der Waals surface area contributed by atoms with Gasteiger partial charge < -0.3 is 10.6 Å². The van der Waals surface area contributed by atoms with E-state index in [0.717, 1.165) is 12.8 Å². The summed E-state index contributed by atoms with van der Waals surface area (Å²) in [5.74, 6) is -0.636. The van der Waals surface area contributed by atoms with Gasteiger partial charge in [0.2, 0.25) is 0 Å². The molecule has 1 saturated carbocycles. The zero-order valence-electron chi connectivity index (χ0n) is 11.1. The molecule has 3 rings (SSSR count). The highest BCUT2D eigenvalue weighted by Gasteiger charge is 2.34. The SMILES string of the molecule is Nc1nc(C(=O)N(Cc2c(F)cccc2Cl)C2CC2)cs1. The molecule has 1 aliphatic rings. The Morgan fingerprint density at radius 3 is 2.86 bits per heavy atom. The molecule has 0 aliphatic heterocycles. The molecule has 0 bridgehead atoms. The van der Waals surface area contributed by atoms with Crippen molar-refractivity contribution in [3.63, 3.8) is 0 Å². The van der Waals surface area contributed by atoms with Crippen LogP contribution >= 0.6 is 22.9 Å². The number of anilines is 1. The average molecular weight is 326 g/mol. The van der Waals surface area contributed by atoms with Gasteiger partial charge in [0.05, 0.1) is 6.54 Å². The highest BCUT2D eigenvalue weighted by molar-refractivity contribution is 7.13. The van der Waals surface area contributed by atoms with E-state index in [-0.39, 0.29) is 18.5 Å². The van der Waals surface area contributed by atoms with Crippen molar-refractivity contribution in [1.82, 2.24) is 9.88 Å². The number of benzene rings is 1. The smallest absolute Gasteiger partial charge is 0.273 e. The third-order valence-electron chi connectivity index (χ3n) is 3.38. The van der Waals surface area contributed by atoms with Crippen molar-refractivity contribution in [2.45, 2.75) is 25.4 Å². The highest BCUT2D eigenvalue weighted by atomic mass is 35.5. The number of nitrogens with two attached hydrogens (primary N) is 1. The third-order valence-corrected chi connectivity index (χ3v) is 4.41. The topological polar surface area (TPSA) is 59.2 Å². The van der Waals surface area contributed by atoms with E-state index in [2.05, 4.69) is 4.98 Å². The van der Waals surface area contributed by atoms with Crippen LogP contribution in [0.5, 0.6) is 0 Å². The molecule has 1 amide bonds. The number of carbonyl (C=O) groups is 1. The molecule has 0 radical (unpaired) electrons. The predicted molar refractivity (Wildman–Crippen MR) is 80.8 cm³/mol. The van der Waals surface area contributed by atoms with Gasteiger partial charge in [0.15, 0.2) is 5.13 Å². The maximum atomic E-state index is 13.9. The van der Waals surface area contributed by atoms with E-state index in [0.29, 0.717) is 21.4 Å². The maximum Gasteiger partial charge on any atom is 0.273 e. The summed E-state index contributed by atoms with van der Waals surface area (Å²) in [7, 11) is 0. The van der Waals surface area contributed by atoms with Crippen LogP contribution in [0.2, 0.25) is 5.02 Å². The minimum Gasteiger partial charge on any atom is -0.375 e. The fraction of sp³-hybridized carbons (Fsp3) is 0.286. The Hall–Kier alpha value is -1.66. The lowest BCUT2D eigenvalue weighted by Crippen LogP contribution is -2.33. The Balaban J connectivity index is 1.87. The standard InChI is InChI=1S/C14H13ClFN3OS/c15-10-2-1-3-11(16)9(10)6-19(8-4-5-8)13(20)12-7-21-14(17)18-12/h1-3,7-8H,4-6H2,(H2,17,18). The zero-order valence-corrected chi connectivity index (χ0v) is 12.6. The van der Waals surface area contributed by atoms with Crippen molar-refractivity contribution in [1.29, 1.82) is 0 Å². The Morgan fingerprint density at radius 1 is 1.52 bits per heavy atom. The molecule has 1 heterocycles. The monoisotopic (exact) mass is 325 g/mol. The lowest BCUT2D eigenvalue weighted by atomic mass is 10.2. The van der Waals surface area contributed by atoms with Gasteiger partial charge in [-0.05, 0) is 25.0 Å². The second kappa shape index (κ2) is 5.61. The van der Waals surface area contributed by atoms with E-state index in [1.165, 1.54) is 17.4 Å². The first-order valence-electron chi connectivity index (χ1n) is 6.51. The Morgan fingerprint density at radius 2 is 2.29 bits per heavy atom. The van der Waals surface area contributed by atoms with E-state index in [9.17, 15) is 9.18 Å². The van der Waals surface area contributed by atoms with Crippen molar-refractivity contribution < 1.29 is 9.18 Å². The molecule has 0 unspecified atom stereocenters. The van der Waals surface area contributed by atoms with Crippen molar-refractivity contribution >= 4 is 34.0 Å². The fourth-order valence-electron chi connectivity index (χ4n) is 2.14. The van der Waals surface area contributed by atoms with Gasteiger partial charge in [-0.3, -0.25) is 4.79 Å². The fourth-order valence-corrected chi connectivity index (χ4v) is 2.90. The summed E-state index contributed by atoms with van der Waals surface area (Å²) < 4.78 is 13.9. The Bertz CT molecular complexity index is 666. The first-order valence-corrected chi connectivity index (χ1v) is 7.77. The van der Waals surface area contributed by atoms with Crippen LogP contribution in [0, 0.1) is 5.82 Å². The molecule has 4 nitrogen and oxygen atoms in total. The van der Waals surface area contributed by atoms with Crippen LogP contribution in [0.15, 0.2) is 23.6 Å².